The molecule has 2 heterocycles. The van der Waals surface area contributed by atoms with Crippen LogP contribution in [0.1, 0.15) is 41.7 Å². The van der Waals surface area contributed by atoms with Gasteiger partial charge in [0.2, 0.25) is 0 Å². The number of aldehydes is 1. The molecule has 6 nitrogen and oxygen atoms in total. The summed E-state index contributed by atoms with van der Waals surface area (Å²) in [5.74, 6) is 0.572. The number of rotatable bonds is 8. The van der Waals surface area contributed by atoms with Crippen LogP contribution in [0.3, 0.4) is 0 Å². The third-order valence-corrected chi connectivity index (χ3v) is 5.14. The molecule has 2 aromatic heterocycles. The molecule has 0 bridgehead atoms. The molecule has 1 aromatic carbocycles. The Morgan fingerprint density at radius 1 is 1.26 bits per heavy atom. The zero-order chi connectivity index (χ0) is 19.4. The van der Waals surface area contributed by atoms with E-state index in [1.165, 1.54) is 11.3 Å². The lowest BCUT2D eigenvalue weighted by molar-refractivity contribution is -0.142. The summed E-state index contributed by atoms with van der Waals surface area (Å²) >= 11 is 1.39. The second kappa shape index (κ2) is 8.35. The molecule has 0 spiro atoms. The molecule has 142 valence electrons. The topological polar surface area (TPSA) is 69.9 Å². The number of hydrogen-bond acceptors (Lipinski definition) is 6. The molecule has 27 heavy (non-hydrogen) atoms. The fourth-order valence-corrected chi connectivity index (χ4v) is 3.94. The maximum absolute atomic E-state index is 11.8. The van der Waals surface area contributed by atoms with Gasteiger partial charge in [-0.05, 0) is 44.0 Å². The molecular formula is C20H22N2O4S. The Hall–Kier alpha value is -2.67. The molecular weight excluding hydrogens is 364 g/mol. The molecule has 0 radical (unpaired) electrons. The number of nitrogens with zero attached hydrogens (tertiary/aromatic N) is 2. The van der Waals surface area contributed by atoms with Gasteiger partial charge in [0.1, 0.15) is 17.1 Å². The van der Waals surface area contributed by atoms with Gasteiger partial charge in [-0.2, -0.15) is 0 Å². The van der Waals surface area contributed by atoms with E-state index in [0.29, 0.717) is 29.6 Å². The zero-order valence-corrected chi connectivity index (χ0v) is 16.5. The number of fused-ring (bicyclic) bond motifs is 1. The fourth-order valence-electron chi connectivity index (χ4n) is 2.97. The highest BCUT2D eigenvalue weighted by Gasteiger charge is 2.18. The highest BCUT2D eigenvalue weighted by Crippen LogP contribution is 2.31. The molecule has 0 aliphatic carbocycles. The van der Waals surface area contributed by atoms with Crippen LogP contribution in [0.2, 0.25) is 0 Å². The van der Waals surface area contributed by atoms with E-state index < -0.39 is 0 Å². The van der Waals surface area contributed by atoms with Crippen LogP contribution in [0.15, 0.2) is 24.4 Å². The number of carbonyl (C=O) groups excluding carboxylic acids is 2. The molecule has 0 aliphatic rings. The number of imidazole rings is 1. The SMILES string of the molecule is CCOC(=O)Cc1cn2c(C=O)c(-c3ccc(OCC)c(CC)c3)nc2s1. The summed E-state index contributed by atoms with van der Waals surface area (Å²) in [6.07, 6.45) is 3.59. The van der Waals surface area contributed by atoms with Crippen molar-refractivity contribution in [2.75, 3.05) is 13.2 Å². The van der Waals surface area contributed by atoms with E-state index in [0.717, 1.165) is 34.5 Å². The first kappa shape index (κ1) is 19.1. The van der Waals surface area contributed by atoms with E-state index >= 15 is 0 Å². The number of aromatic nitrogens is 2. The van der Waals surface area contributed by atoms with Crippen molar-refractivity contribution < 1.29 is 19.1 Å². The molecule has 0 N–H and O–H groups in total. The van der Waals surface area contributed by atoms with E-state index in [2.05, 4.69) is 11.9 Å². The average Bonchev–Trinajstić information content (AvgIpc) is 3.19. The number of ether oxygens (including phenoxy) is 2. The summed E-state index contributed by atoms with van der Waals surface area (Å²) in [4.78, 5) is 29.6. The normalized spacial score (nSPS) is 10.9. The van der Waals surface area contributed by atoms with Crippen LogP contribution in [0.25, 0.3) is 16.2 Å². The minimum Gasteiger partial charge on any atom is -0.494 e. The van der Waals surface area contributed by atoms with Crippen molar-refractivity contribution in [1.29, 1.82) is 0 Å². The molecule has 0 saturated carbocycles. The Morgan fingerprint density at radius 3 is 2.74 bits per heavy atom. The van der Waals surface area contributed by atoms with Gasteiger partial charge in [0, 0.05) is 16.6 Å². The first-order chi connectivity index (χ1) is 13.1. The minimum atomic E-state index is -0.283. The predicted molar refractivity (Wildman–Crippen MR) is 105 cm³/mol. The first-order valence-electron chi connectivity index (χ1n) is 8.98. The van der Waals surface area contributed by atoms with Gasteiger partial charge >= 0.3 is 5.97 Å². The van der Waals surface area contributed by atoms with Crippen molar-refractivity contribution in [1.82, 2.24) is 9.38 Å². The van der Waals surface area contributed by atoms with Gasteiger partial charge in [-0.25, -0.2) is 4.98 Å². The molecule has 0 unspecified atom stereocenters. The lowest BCUT2D eigenvalue weighted by atomic mass is 10.0. The van der Waals surface area contributed by atoms with Gasteiger partial charge < -0.3 is 9.47 Å². The monoisotopic (exact) mass is 386 g/mol. The number of benzene rings is 1. The molecule has 0 aliphatic heterocycles. The van der Waals surface area contributed by atoms with Crippen molar-refractivity contribution in [2.24, 2.45) is 0 Å². The van der Waals surface area contributed by atoms with E-state index in [-0.39, 0.29) is 12.4 Å². The van der Waals surface area contributed by atoms with E-state index in [9.17, 15) is 9.59 Å². The summed E-state index contributed by atoms with van der Waals surface area (Å²) in [6, 6.07) is 5.86. The maximum atomic E-state index is 11.8. The number of carbonyl (C=O) groups is 2. The molecule has 7 heteroatoms. The lowest BCUT2D eigenvalue weighted by Gasteiger charge is -2.10. The van der Waals surface area contributed by atoms with Crippen molar-refractivity contribution in [3.05, 3.63) is 40.5 Å². The first-order valence-corrected chi connectivity index (χ1v) is 9.80. The predicted octanol–water partition coefficient (Wildman–Crippen LogP) is 3.94. The number of hydrogen-bond donors (Lipinski definition) is 0. The molecule has 0 fully saturated rings. The Morgan fingerprint density at radius 2 is 2.07 bits per heavy atom. The Labute approximate surface area is 161 Å². The summed E-state index contributed by atoms with van der Waals surface area (Å²) < 4.78 is 12.4. The highest BCUT2D eigenvalue weighted by molar-refractivity contribution is 7.17. The van der Waals surface area contributed by atoms with Crippen LogP contribution in [0, 0.1) is 0 Å². The van der Waals surface area contributed by atoms with Crippen LogP contribution in [0.4, 0.5) is 0 Å². The van der Waals surface area contributed by atoms with Crippen molar-refractivity contribution >= 4 is 28.6 Å². The highest BCUT2D eigenvalue weighted by atomic mass is 32.1. The Bertz CT molecular complexity index is 974. The van der Waals surface area contributed by atoms with Crippen LogP contribution < -0.4 is 4.74 Å². The zero-order valence-electron chi connectivity index (χ0n) is 15.7. The largest absolute Gasteiger partial charge is 0.494 e. The van der Waals surface area contributed by atoms with Crippen molar-refractivity contribution in [3.8, 4) is 17.0 Å². The van der Waals surface area contributed by atoms with Gasteiger partial charge in [-0.3, -0.25) is 14.0 Å². The molecule has 0 atom stereocenters. The van der Waals surface area contributed by atoms with Gasteiger partial charge in [0.15, 0.2) is 11.2 Å². The van der Waals surface area contributed by atoms with Gasteiger partial charge in [-0.1, -0.05) is 6.92 Å². The molecule has 3 rings (SSSR count). The smallest absolute Gasteiger partial charge is 0.311 e. The van der Waals surface area contributed by atoms with Crippen molar-refractivity contribution in [2.45, 2.75) is 33.6 Å². The average molecular weight is 386 g/mol. The summed E-state index contributed by atoms with van der Waals surface area (Å²) in [5.41, 5.74) is 3.06. The number of esters is 1. The fraction of sp³-hybridized carbons (Fsp3) is 0.350. The van der Waals surface area contributed by atoms with E-state index in [4.69, 9.17) is 9.47 Å². The Balaban J connectivity index is 1.99. The standard InChI is InChI=1S/C20H22N2O4S/c1-4-13-9-14(7-8-17(13)25-5-2)19-16(12-23)22-11-15(27-20(22)21-19)10-18(24)26-6-3/h7-9,11-12H,4-6,10H2,1-3H3. The van der Waals surface area contributed by atoms with E-state index in [1.54, 1.807) is 17.5 Å². The Kier molecular flexibility index (Phi) is 5.91. The minimum absolute atomic E-state index is 0.179. The second-order valence-corrected chi connectivity index (χ2v) is 7.00. The summed E-state index contributed by atoms with van der Waals surface area (Å²) in [5, 5.41) is 0. The number of aryl methyl sites for hydroxylation is 1. The maximum Gasteiger partial charge on any atom is 0.311 e. The van der Waals surface area contributed by atoms with Crippen molar-refractivity contribution in [3.63, 3.8) is 0 Å². The third-order valence-electron chi connectivity index (χ3n) is 4.16. The summed E-state index contributed by atoms with van der Waals surface area (Å²) in [7, 11) is 0. The molecule has 0 amide bonds. The van der Waals surface area contributed by atoms with Crippen LogP contribution in [-0.4, -0.2) is 34.9 Å². The van der Waals surface area contributed by atoms with Gasteiger partial charge in [0.25, 0.3) is 0 Å². The van der Waals surface area contributed by atoms with Gasteiger partial charge in [0.05, 0.1) is 19.6 Å². The van der Waals surface area contributed by atoms with Crippen LogP contribution in [-0.2, 0) is 22.4 Å². The molecule has 0 saturated heterocycles. The van der Waals surface area contributed by atoms with Gasteiger partial charge in [-0.15, -0.1) is 11.3 Å². The number of thiazole rings is 1. The van der Waals surface area contributed by atoms with Crippen LogP contribution in [0.5, 0.6) is 5.75 Å². The second-order valence-electron chi connectivity index (χ2n) is 5.90. The third kappa shape index (κ3) is 3.88. The van der Waals surface area contributed by atoms with Crippen LogP contribution >= 0.6 is 11.3 Å². The lowest BCUT2D eigenvalue weighted by Crippen LogP contribution is -2.06. The summed E-state index contributed by atoms with van der Waals surface area (Å²) in [6.45, 7) is 6.75. The quantitative estimate of drug-likeness (QED) is 0.433. The molecule has 3 aromatic rings. The van der Waals surface area contributed by atoms with E-state index in [1.807, 2.05) is 25.1 Å².